The third kappa shape index (κ3) is 3.70. The van der Waals surface area contributed by atoms with Crippen LogP contribution in [0.1, 0.15) is 79.1 Å². The van der Waals surface area contributed by atoms with Gasteiger partial charge in [0.2, 0.25) is 0 Å². The summed E-state index contributed by atoms with van der Waals surface area (Å²) in [5.74, 6) is -1.61. The first-order valence-electron chi connectivity index (χ1n) is 13.1. The minimum absolute atomic E-state index is 0.0130. The predicted octanol–water partition coefficient (Wildman–Crippen LogP) is 4.34. The lowest BCUT2D eigenvalue weighted by Gasteiger charge is -2.62. The fourth-order valence-corrected chi connectivity index (χ4v) is 9.08. The van der Waals surface area contributed by atoms with Crippen molar-refractivity contribution in [2.45, 2.75) is 97.4 Å². The second-order valence-electron chi connectivity index (χ2n) is 12.1. The molecule has 0 heterocycles. The van der Waals surface area contributed by atoms with Gasteiger partial charge in [-0.3, -0.25) is 9.18 Å². The molecule has 6 heteroatoms. The van der Waals surface area contributed by atoms with E-state index in [2.05, 4.69) is 20.8 Å². The number of carbonyl (C=O) groups is 1. The third-order valence-corrected chi connectivity index (χ3v) is 10.8. The fraction of sp³-hybridized carbons (Fsp3) is 0.889. The minimum atomic E-state index is -1.09. The zero-order valence-corrected chi connectivity index (χ0v) is 20.6. The van der Waals surface area contributed by atoms with Gasteiger partial charge in [0.25, 0.3) is 0 Å². The van der Waals surface area contributed by atoms with Crippen LogP contribution >= 0.6 is 0 Å². The molecule has 0 spiro atoms. The molecule has 7 unspecified atom stereocenters. The van der Waals surface area contributed by atoms with E-state index < -0.39 is 36.2 Å². The standard InChI is InChI=1S/C27H43FO5/c1-5-17-20-11-16(29)8-9-26(20,3)21-12-22(30)27(4)18(6-7-19(27)23(21)24(17)31)14(2)10-15(13-28)25(32)33/h14-16,18-19,21-24,29-31H,5-13H2,1-4H3,(H,32,33)/t14-,15?,16-,18?,19?,21?,22+,23?,24-,26?,27?/m1/s1. The smallest absolute Gasteiger partial charge is 0.309 e. The van der Waals surface area contributed by atoms with Crippen molar-refractivity contribution in [3.63, 3.8) is 0 Å². The van der Waals surface area contributed by atoms with Crippen LogP contribution in [0.5, 0.6) is 0 Å². The van der Waals surface area contributed by atoms with E-state index in [1.807, 2.05) is 6.92 Å². The van der Waals surface area contributed by atoms with E-state index in [-0.39, 0.29) is 47.5 Å². The molecule has 33 heavy (non-hydrogen) atoms. The Hall–Kier alpha value is -0.980. The van der Waals surface area contributed by atoms with Crippen LogP contribution < -0.4 is 0 Å². The second-order valence-corrected chi connectivity index (χ2v) is 12.1. The minimum Gasteiger partial charge on any atom is -0.481 e. The van der Waals surface area contributed by atoms with Crippen LogP contribution in [-0.4, -0.2) is 51.4 Å². The van der Waals surface area contributed by atoms with Gasteiger partial charge in [-0.15, -0.1) is 0 Å². The van der Waals surface area contributed by atoms with Gasteiger partial charge in [0, 0.05) is 0 Å². The summed E-state index contributed by atoms with van der Waals surface area (Å²) >= 11 is 0. The SMILES string of the molecule is CCC1=C2C[C@H](O)CCC2(C)C2C[C@H](O)C3(C)C(CCC3[C@H](C)CC(CF)C(=O)O)C2[C@@H]1O. The summed E-state index contributed by atoms with van der Waals surface area (Å²) in [6.07, 6.45) is 4.26. The lowest BCUT2D eigenvalue weighted by molar-refractivity contribution is -0.162. The highest BCUT2D eigenvalue weighted by Crippen LogP contribution is 2.68. The first kappa shape index (κ1) is 25.1. The summed E-state index contributed by atoms with van der Waals surface area (Å²) in [6, 6.07) is 0. The third-order valence-electron chi connectivity index (χ3n) is 10.8. The van der Waals surface area contributed by atoms with E-state index in [4.69, 9.17) is 0 Å². The molecule has 0 aromatic rings. The topological polar surface area (TPSA) is 98.0 Å². The van der Waals surface area contributed by atoms with Crippen molar-refractivity contribution in [1.29, 1.82) is 0 Å². The Labute approximate surface area is 197 Å². The van der Waals surface area contributed by atoms with Crippen LogP contribution in [0.4, 0.5) is 4.39 Å². The Morgan fingerprint density at radius 2 is 1.85 bits per heavy atom. The van der Waals surface area contributed by atoms with Gasteiger partial charge in [0.05, 0.1) is 24.2 Å². The lowest BCUT2D eigenvalue weighted by atomic mass is 9.44. The highest BCUT2D eigenvalue weighted by molar-refractivity contribution is 5.70. The molecule has 3 saturated carbocycles. The molecular formula is C27H43FO5. The molecule has 188 valence electrons. The number of aliphatic hydroxyl groups is 3. The molecule has 4 aliphatic carbocycles. The van der Waals surface area contributed by atoms with Gasteiger partial charge in [-0.1, -0.05) is 33.3 Å². The van der Waals surface area contributed by atoms with Gasteiger partial charge >= 0.3 is 5.97 Å². The fourth-order valence-electron chi connectivity index (χ4n) is 9.08. The molecule has 3 fully saturated rings. The number of aliphatic carboxylic acids is 1. The largest absolute Gasteiger partial charge is 0.481 e. The zero-order valence-electron chi connectivity index (χ0n) is 20.6. The molecule has 0 bridgehead atoms. The Morgan fingerprint density at radius 3 is 2.45 bits per heavy atom. The second kappa shape index (κ2) is 8.91. The molecule has 4 aliphatic rings. The number of rotatable bonds is 6. The molecule has 5 nitrogen and oxygen atoms in total. The number of carboxylic acids is 1. The Kier molecular flexibility index (Phi) is 6.78. The van der Waals surface area contributed by atoms with Crippen LogP contribution in [0, 0.1) is 46.3 Å². The highest BCUT2D eigenvalue weighted by atomic mass is 19.1. The van der Waals surface area contributed by atoms with Crippen molar-refractivity contribution in [2.75, 3.05) is 6.67 Å². The van der Waals surface area contributed by atoms with E-state index in [0.29, 0.717) is 12.8 Å². The number of halogens is 1. The van der Waals surface area contributed by atoms with Crippen LogP contribution in [0.15, 0.2) is 11.1 Å². The maximum Gasteiger partial charge on any atom is 0.309 e. The van der Waals surface area contributed by atoms with Gasteiger partial charge in [-0.25, -0.2) is 0 Å². The molecule has 0 aliphatic heterocycles. The summed E-state index contributed by atoms with van der Waals surface area (Å²) < 4.78 is 13.4. The number of fused-ring (bicyclic) bond motifs is 5. The number of carboxylic acid groups (broad SMARTS) is 1. The maximum absolute atomic E-state index is 13.4. The summed E-state index contributed by atoms with van der Waals surface area (Å²) in [6.45, 7) is 7.67. The first-order chi connectivity index (χ1) is 15.5. The predicted molar refractivity (Wildman–Crippen MR) is 124 cm³/mol. The van der Waals surface area contributed by atoms with Crippen LogP contribution in [0.3, 0.4) is 0 Å². The molecule has 4 N–H and O–H groups in total. The first-order valence-corrected chi connectivity index (χ1v) is 13.1. The zero-order chi connectivity index (χ0) is 24.3. The van der Waals surface area contributed by atoms with Gasteiger partial charge < -0.3 is 20.4 Å². The van der Waals surface area contributed by atoms with Crippen LogP contribution in [0.2, 0.25) is 0 Å². The van der Waals surface area contributed by atoms with Crippen molar-refractivity contribution >= 4 is 5.97 Å². The summed E-state index contributed by atoms with van der Waals surface area (Å²) in [7, 11) is 0. The van der Waals surface area contributed by atoms with Crippen molar-refractivity contribution in [3.05, 3.63) is 11.1 Å². The quantitative estimate of drug-likeness (QED) is 0.437. The number of hydrogen-bond donors (Lipinski definition) is 4. The van der Waals surface area contributed by atoms with Crippen LogP contribution in [-0.2, 0) is 4.79 Å². The Bertz CT molecular complexity index is 797. The van der Waals surface area contributed by atoms with E-state index in [0.717, 1.165) is 37.7 Å². The molecule has 11 atom stereocenters. The molecular weight excluding hydrogens is 423 g/mol. The molecule has 4 rings (SSSR count). The van der Waals surface area contributed by atoms with E-state index in [1.54, 1.807) is 0 Å². The number of hydrogen-bond acceptors (Lipinski definition) is 4. The Morgan fingerprint density at radius 1 is 1.15 bits per heavy atom. The average molecular weight is 467 g/mol. The van der Waals surface area contributed by atoms with Crippen molar-refractivity contribution < 1.29 is 29.6 Å². The van der Waals surface area contributed by atoms with E-state index in [9.17, 15) is 29.6 Å². The van der Waals surface area contributed by atoms with Gasteiger partial charge in [-0.2, -0.15) is 0 Å². The van der Waals surface area contributed by atoms with Gasteiger partial charge in [0.15, 0.2) is 0 Å². The van der Waals surface area contributed by atoms with Gasteiger partial charge in [0.1, 0.15) is 6.67 Å². The number of alkyl halides is 1. The molecule has 0 saturated heterocycles. The van der Waals surface area contributed by atoms with Crippen LogP contribution in [0.25, 0.3) is 0 Å². The summed E-state index contributed by atoms with van der Waals surface area (Å²) in [5.41, 5.74) is 1.80. The van der Waals surface area contributed by atoms with Crippen molar-refractivity contribution in [2.24, 2.45) is 46.3 Å². The molecule has 0 amide bonds. The molecule has 0 radical (unpaired) electrons. The van der Waals surface area contributed by atoms with E-state index >= 15 is 0 Å². The van der Waals surface area contributed by atoms with E-state index in [1.165, 1.54) is 5.57 Å². The average Bonchev–Trinajstić information content (AvgIpc) is 3.12. The number of aliphatic hydroxyl groups excluding tert-OH is 3. The maximum atomic E-state index is 13.4. The van der Waals surface area contributed by atoms with Gasteiger partial charge in [-0.05, 0) is 97.4 Å². The van der Waals surface area contributed by atoms with Crippen molar-refractivity contribution in [3.8, 4) is 0 Å². The molecule has 0 aromatic carbocycles. The highest BCUT2D eigenvalue weighted by Gasteiger charge is 2.65. The summed E-state index contributed by atoms with van der Waals surface area (Å²) in [5, 5.41) is 43.1. The summed E-state index contributed by atoms with van der Waals surface area (Å²) in [4.78, 5) is 11.5. The lowest BCUT2D eigenvalue weighted by Crippen LogP contribution is -2.60. The Balaban J connectivity index is 1.69. The normalized spacial score (nSPS) is 46.8. The molecule has 0 aromatic heterocycles. The van der Waals surface area contributed by atoms with Crippen molar-refractivity contribution in [1.82, 2.24) is 0 Å². The monoisotopic (exact) mass is 466 g/mol.